The number of rotatable bonds is 14. The first-order chi connectivity index (χ1) is 38.7. The minimum atomic E-state index is -1.61. The smallest absolute Gasteiger partial charge is 0.246 e. The first kappa shape index (κ1) is 75.9. The van der Waals surface area contributed by atoms with Crippen molar-refractivity contribution in [1.29, 1.82) is 0 Å². The van der Waals surface area contributed by atoms with E-state index < -0.39 is 162 Å². The lowest BCUT2D eigenvalue weighted by atomic mass is 9.91. The second kappa shape index (κ2) is 34.1. The lowest BCUT2D eigenvalue weighted by Gasteiger charge is -2.41. The number of aliphatic hydroxyl groups is 1. The predicted molar refractivity (Wildman–Crippen MR) is 324 cm³/mol. The van der Waals surface area contributed by atoms with Crippen LogP contribution in [0.5, 0.6) is 0 Å². The zero-order chi connectivity index (χ0) is 65.3. The molecule has 23 nitrogen and oxygen atoms in total. The van der Waals surface area contributed by atoms with Crippen molar-refractivity contribution in [2.45, 2.75) is 216 Å². The summed E-state index contributed by atoms with van der Waals surface area (Å²) in [6.07, 6.45) is 2.86. The molecule has 0 aliphatic carbocycles. The highest BCUT2D eigenvalue weighted by Crippen LogP contribution is 2.25. The third-order valence-corrected chi connectivity index (χ3v) is 16.0. The topological polar surface area (TPSA) is 279 Å². The number of hydrogen-bond donors (Lipinski definition) is 5. The first-order valence-corrected chi connectivity index (χ1v) is 30.1. The Labute approximate surface area is 502 Å². The van der Waals surface area contributed by atoms with Crippen molar-refractivity contribution in [3.63, 3.8) is 0 Å². The summed E-state index contributed by atoms with van der Waals surface area (Å²) in [6, 6.07) is -12.4. The van der Waals surface area contributed by atoms with E-state index in [0.717, 1.165) is 14.7 Å². The van der Waals surface area contributed by atoms with Gasteiger partial charge in [0.05, 0.1) is 12.6 Å². The van der Waals surface area contributed by atoms with Crippen LogP contribution in [0.25, 0.3) is 0 Å². The van der Waals surface area contributed by atoms with Crippen LogP contribution in [0.4, 0.5) is 0 Å². The van der Waals surface area contributed by atoms with Gasteiger partial charge in [0.15, 0.2) is 0 Å². The molecule has 5 N–H and O–H groups in total. The van der Waals surface area contributed by atoms with Crippen LogP contribution in [-0.4, -0.2) is 227 Å². The molecule has 0 spiro atoms. The van der Waals surface area contributed by atoms with Crippen molar-refractivity contribution in [2.24, 2.45) is 41.4 Å². The minimum Gasteiger partial charge on any atom is -0.390 e. The minimum absolute atomic E-state index is 0.0216. The molecule has 1 aliphatic rings. The van der Waals surface area contributed by atoms with E-state index in [1.54, 1.807) is 74.5 Å². The molecule has 1 heterocycles. The van der Waals surface area contributed by atoms with Gasteiger partial charge in [0.1, 0.15) is 60.4 Å². The molecule has 0 bridgehead atoms. The Morgan fingerprint density at radius 1 is 0.476 bits per heavy atom. The third-order valence-electron chi connectivity index (χ3n) is 16.0. The highest BCUT2D eigenvalue weighted by Gasteiger charge is 2.45. The molecule has 0 aromatic heterocycles. The van der Waals surface area contributed by atoms with Gasteiger partial charge in [-0.3, -0.25) is 52.7 Å². The zero-order valence-electron chi connectivity index (χ0n) is 55.4. The molecule has 1 fully saturated rings. The van der Waals surface area contributed by atoms with Crippen LogP contribution in [0.1, 0.15) is 150 Å². The summed E-state index contributed by atoms with van der Waals surface area (Å²) >= 11 is 0. The van der Waals surface area contributed by atoms with Gasteiger partial charge < -0.3 is 60.7 Å². The van der Waals surface area contributed by atoms with Gasteiger partial charge in [0.25, 0.3) is 0 Å². The van der Waals surface area contributed by atoms with E-state index in [0.29, 0.717) is 6.42 Å². The van der Waals surface area contributed by atoms with Crippen LogP contribution in [0.15, 0.2) is 12.2 Å². The van der Waals surface area contributed by atoms with Crippen LogP contribution < -0.4 is 21.3 Å². The third kappa shape index (κ3) is 20.5. The maximum Gasteiger partial charge on any atom is 0.246 e. The Morgan fingerprint density at radius 3 is 1.38 bits per heavy atom. The summed E-state index contributed by atoms with van der Waals surface area (Å²) in [5.74, 6) is -10.1. The first-order valence-electron chi connectivity index (χ1n) is 30.1. The number of hydrogen-bond acceptors (Lipinski definition) is 12. The molecule has 0 aromatic carbocycles. The quantitative estimate of drug-likeness (QED) is 0.157. The summed E-state index contributed by atoms with van der Waals surface area (Å²) in [5, 5.41) is 23.1. The van der Waals surface area contributed by atoms with Gasteiger partial charge in [-0.1, -0.05) is 109 Å². The fourth-order valence-corrected chi connectivity index (χ4v) is 10.6. The molecule has 0 aromatic rings. The fourth-order valence-electron chi connectivity index (χ4n) is 10.6. The van der Waals surface area contributed by atoms with Crippen molar-refractivity contribution in [3.05, 3.63) is 12.2 Å². The van der Waals surface area contributed by atoms with E-state index in [1.165, 1.54) is 82.8 Å². The molecule has 0 saturated carbocycles. The summed E-state index contributed by atoms with van der Waals surface area (Å²) in [5.41, 5.74) is 0. The fraction of sp³-hybridized carbons (Fsp3) is 0.787. The van der Waals surface area contributed by atoms with Gasteiger partial charge in [0.2, 0.25) is 65.0 Å². The second-order valence-corrected chi connectivity index (χ2v) is 25.6. The Balaban J connectivity index is 4.31. The van der Waals surface area contributed by atoms with Gasteiger partial charge in [-0.25, -0.2) is 0 Å². The van der Waals surface area contributed by atoms with Gasteiger partial charge in [-0.2, -0.15) is 0 Å². The van der Waals surface area contributed by atoms with Crippen LogP contribution in [0, 0.1) is 41.4 Å². The maximum absolute atomic E-state index is 15.1. The summed E-state index contributed by atoms with van der Waals surface area (Å²) < 4.78 is 0. The van der Waals surface area contributed by atoms with Crippen molar-refractivity contribution in [1.82, 2.24) is 55.6 Å². The van der Waals surface area contributed by atoms with Crippen molar-refractivity contribution < 1.29 is 57.8 Å². The molecule has 1 rings (SSSR count). The molecule has 0 radical (unpaired) electrons. The molecule has 1 saturated heterocycles. The number of likely N-dealkylation sites (N-methyl/N-ethyl adjacent to an activating group) is 7. The van der Waals surface area contributed by atoms with E-state index in [4.69, 9.17) is 0 Å². The summed E-state index contributed by atoms with van der Waals surface area (Å²) in [7, 11) is 9.85. The molecular weight excluding hydrogens is 1080 g/mol. The molecule has 23 heteroatoms. The van der Waals surface area contributed by atoms with E-state index in [9.17, 15) is 48.3 Å². The molecule has 480 valence electrons. The maximum atomic E-state index is 15.1. The van der Waals surface area contributed by atoms with Crippen LogP contribution in [0.3, 0.4) is 0 Å². The number of allylic oxidation sites excluding steroid dienone is 2. The number of aliphatic hydroxyl groups excluding tert-OH is 1. The molecule has 12 atom stereocenters. The van der Waals surface area contributed by atoms with Crippen LogP contribution >= 0.6 is 0 Å². The summed E-state index contributed by atoms with van der Waals surface area (Å²) in [6.45, 7) is 29.0. The predicted octanol–water partition coefficient (Wildman–Crippen LogP) is 2.88. The van der Waals surface area contributed by atoms with E-state index in [1.807, 2.05) is 41.5 Å². The molecule has 11 amide bonds. The highest BCUT2D eigenvalue weighted by atomic mass is 16.3. The Morgan fingerprint density at radius 2 is 0.929 bits per heavy atom. The number of nitrogens with zero attached hydrogens (tertiary/aromatic N) is 7. The second-order valence-electron chi connectivity index (χ2n) is 25.6. The zero-order valence-corrected chi connectivity index (χ0v) is 55.4. The van der Waals surface area contributed by atoms with Gasteiger partial charge in [-0.15, -0.1) is 0 Å². The normalized spacial score (nSPS) is 27.1. The molecular formula is C61H109N11O12. The number of carbonyl (C=O) groups is 11. The SMILES string of the molecule is C/C=C/C[C@@H](C)[C@@H](O)[C@H]1C(=O)N[C@@H](CC)C(=O)N(C)CC(=O)N(C)[C@@H](C(C)C)C(=O)N[C@@H](C(C)C)C(=O)N(C)[C@@H](C)C(=O)NC(CC(C)C)C(=O)N[C@H](C)C(=O)N(C)[C@@H](CC(C)C)C(=O)N(C)[C@H](CC(C)C)C(=O)N(C)[C@@H](C(C)C)C(=O)N1C. The van der Waals surface area contributed by atoms with Gasteiger partial charge >= 0.3 is 0 Å². The standard InChI is InChI=1S/C61H109N11O12/c1-25-27-28-39(15)51(74)50-55(78)63-42(26-2)57(80)66(18)32-46(73)70(22)48(37(11)12)54(77)65-47(36(9)10)60(83)67(19)41(17)52(75)64-43(29-33(3)4)53(76)62-40(16)56(79)68(20)44(30-34(5)6)58(81)69(21)45(31-35(7)8)59(82)71(23)49(38(13)14)61(84)72(50)24/h25,27,33-45,47-51,74H,26,28-32H2,1-24H3,(H,62,76)(H,63,78)(H,64,75)(H,65,77)/b27-25+/t39-,40-,41+,42+,43?,44+,45-,47+,48+,49+,50+,51-/m1/s1. The van der Waals surface area contributed by atoms with Crippen LogP contribution in [0.2, 0.25) is 0 Å². The van der Waals surface area contributed by atoms with E-state index in [2.05, 4.69) is 21.3 Å². The molecule has 1 aliphatic heterocycles. The van der Waals surface area contributed by atoms with E-state index >= 15 is 9.59 Å². The van der Waals surface area contributed by atoms with Crippen molar-refractivity contribution in [2.75, 3.05) is 55.9 Å². The average Bonchev–Trinajstić information content (AvgIpc) is 3.32. The molecule has 84 heavy (non-hydrogen) atoms. The largest absolute Gasteiger partial charge is 0.390 e. The Hall–Kier alpha value is -6.13. The van der Waals surface area contributed by atoms with Crippen molar-refractivity contribution in [3.8, 4) is 0 Å². The lowest BCUT2D eigenvalue weighted by Crippen LogP contribution is -2.63. The Kier molecular flexibility index (Phi) is 30.8. The number of nitrogens with one attached hydrogen (secondary N) is 4. The van der Waals surface area contributed by atoms with Gasteiger partial charge in [0, 0.05) is 49.3 Å². The number of amides is 11. The van der Waals surface area contributed by atoms with Crippen molar-refractivity contribution >= 4 is 65.0 Å². The molecule has 1 unspecified atom stereocenters. The summed E-state index contributed by atoms with van der Waals surface area (Å²) in [4.78, 5) is 168. The van der Waals surface area contributed by atoms with Crippen LogP contribution in [-0.2, 0) is 52.7 Å². The monoisotopic (exact) mass is 1190 g/mol. The van der Waals surface area contributed by atoms with E-state index in [-0.39, 0.29) is 43.4 Å². The lowest BCUT2D eigenvalue weighted by molar-refractivity contribution is -0.157. The number of carbonyl (C=O) groups excluding carboxylic acids is 11. The highest BCUT2D eigenvalue weighted by molar-refractivity contribution is 5.99. The Bertz CT molecular complexity index is 2310. The average molecular weight is 1190 g/mol. The van der Waals surface area contributed by atoms with Gasteiger partial charge in [-0.05, 0) is 94.3 Å².